The van der Waals surface area contributed by atoms with Gasteiger partial charge in [-0.15, -0.1) is 0 Å². The van der Waals surface area contributed by atoms with Crippen molar-refractivity contribution in [3.05, 3.63) is 24.5 Å². The van der Waals surface area contributed by atoms with Crippen molar-refractivity contribution in [2.24, 2.45) is 0 Å². The molecule has 2 aromatic rings. The topological polar surface area (TPSA) is 108 Å². The number of rotatable bonds is 5. The Hall–Kier alpha value is -3.01. The summed E-state index contributed by atoms with van der Waals surface area (Å²) in [7, 11) is -3.01. The van der Waals surface area contributed by atoms with E-state index in [0.717, 1.165) is 21.7 Å². The van der Waals surface area contributed by atoms with E-state index in [1.165, 1.54) is 31.3 Å². The molecule has 140 valence electrons. The van der Waals surface area contributed by atoms with Gasteiger partial charge in [0, 0.05) is 20.3 Å². The molecule has 0 N–H and O–H groups in total. The van der Waals surface area contributed by atoms with E-state index in [4.69, 9.17) is 0 Å². The maximum atomic E-state index is 12.6. The van der Waals surface area contributed by atoms with Gasteiger partial charge in [0.2, 0.25) is 5.91 Å². The fraction of sp³-hybridized carbons (Fsp3) is 0.308. The highest BCUT2D eigenvalue weighted by atomic mass is 32.2. The lowest BCUT2D eigenvalue weighted by Gasteiger charge is -2.17. The number of amides is 1. The summed E-state index contributed by atoms with van der Waals surface area (Å²) in [5.74, 6) is -1.15. The van der Waals surface area contributed by atoms with Gasteiger partial charge in [0.25, 0.3) is 0 Å². The summed E-state index contributed by atoms with van der Waals surface area (Å²) in [6.45, 7) is -0.425. The van der Waals surface area contributed by atoms with E-state index in [-0.39, 0.29) is 11.2 Å². The molecule has 9 nitrogen and oxygen atoms in total. The second kappa shape index (κ2) is 6.71. The molecule has 2 rings (SSSR count). The van der Waals surface area contributed by atoms with Gasteiger partial charge in [0.1, 0.15) is 17.7 Å². The number of nitriles is 1. The highest BCUT2D eigenvalue weighted by Gasteiger charge is 2.49. The van der Waals surface area contributed by atoms with Crippen LogP contribution in [0, 0.1) is 11.5 Å². The van der Waals surface area contributed by atoms with Crippen molar-refractivity contribution in [2.45, 2.75) is 5.51 Å². The Bertz CT molecular complexity index is 978. The Morgan fingerprint density at radius 1 is 1.42 bits per heavy atom. The van der Waals surface area contributed by atoms with Crippen LogP contribution in [-0.2, 0) is 14.9 Å². The Balaban J connectivity index is 2.54. The van der Waals surface area contributed by atoms with Gasteiger partial charge in [0.05, 0.1) is 6.20 Å². The average Bonchev–Trinajstić information content (AvgIpc) is 2.95. The van der Waals surface area contributed by atoms with E-state index >= 15 is 0 Å². The van der Waals surface area contributed by atoms with Gasteiger partial charge in [-0.25, -0.2) is 4.52 Å². The normalized spacial score (nSPS) is 11.8. The number of carbonyl (C=O) groups excluding carboxylic acids is 1. The number of carbonyl (C=O) groups is 1. The van der Waals surface area contributed by atoms with Crippen molar-refractivity contribution in [3.8, 4) is 11.9 Å². The molecule has 0 saturated carbocycles. The van der Waals surface area contributed by atoms with Crippen LogP contribution in [0.15, 0.2) is 24.5 Å². The molecular formula is C13H12F3N5O4S. The number of halogens is 3. The predicted molar refractivity (Wildman–Crippen MR) is 82.4 cm³/mol. The van der Waals surface area contributed by atoms with E-state index in [1.54, 1.807) is 6.19 Å². The third-order valence-corrected chi connectivity index (χ3v) is 4.14. The van der Waals surface area contributed by atoms with E-state index in [0.29, 0.717) is 0 Å². The molecule has 2 heterocycles. The Kier molecular flexibility index (Phi) is 4.99. The minimum atomic E-state index is -5.92. The first-order valence-electron chi connectivity index (χ1n) is 6.82. The number of aromatic nitrogens is 2. The van der Waals surface area contributed by atoms with Gasteiger partial charge in [0.15, 0.2) is 11.9 Å². The number of likely N-dealkylation sites (N-methyl/N-ethyl adjacent to an activating group) is 1. The fourth-order valence-electron chi connectivity index (χ4n) is 1.88. The summed E-state index contributed by atoms with van der Waals surface area (Å²) >= 11 is 0. The van der Waals surface area contributed by atoms with Gasteiger partial charge in [-0.05, 0) is 12.1 Å². The van der Waals surface area contributed by atoms with Crippen LogP contribution in [0.3, 0.4) is 0 Å². The smallest absolute Gasteiger partial charge is 0.374 e. The van der Waals surface area contributed by atoms with Crippen LogP contribution in [0.4, 0.5) is 18.9 Å². The number of anilines is 1. The number of nitrogens with zero attached hydrogens (tertiary/aromatic N) is 5. The summed E-state index contributed by atoms with van der Waals surface area (Å²) in [6, 6.07) is 2.19. The number of pyridine rings is 1. The van der Waals surface area contributed by atoms with Crippen LogP contribution in [0.2, 0.25) is 0 Å². The summed E-state index contributed by atoms with van der Waals surface area (Å²) in [5, 5.41) is 13.1. The molecule has 1 amide bonds. The molecule has 0 aromatic carbocycles. The second-order valence-electron chi connectivity index (χ2n) is 5.15. The van der Waals surface area contributed by atoms with E-state index < -0.39 is 33.8 Å². The van der Waals surface area contributed by atoms with Crippen molar-refractivity contribution in [1.82, 2.24) is 14.5 Å². The molecule has 0 atom stereocenters. The van der Waals surface area contributed by atoms with Gasteiger partial charge in [-0.2, -0.15) is 31.9 Å². The quantitative estimate of drug-likeness (QED) is 0.323. The first kappa shape index (κ1) is 19.3. The maximum absolute atomic E-state index is 12.6. The minimum absolute atomic E-state index is 0.0873. The van der Waals surface area contributed by atoms with Gasteiger partial charge >= 0.3 is 15.6 Å². The Morgan fingerprint density at radius 3 is 2.62 bits per heavy atom. The molecular weight excluding hydrogens is 379 g/mol. The molecule has 0 unspecified atom stereocenters. The number of hydrogen-bond donors (Lipinski definition) is 0. The molecule has 0 radical (unpaired) electrons. The van der Waals surface area contributed by atoms with E-state index in [2.05, 4.69) is 9.28 Å². The lowest BCUT2D eigenvalue weighted by atomic mass is 10.3. The van der Waals surface area contributed by atoms with Crippen molar-refractivity contribution in [3.63, 3.8) is 0 Å². The lowest BCUT2D eigenvalue weighted by Crippen LogP contribution is -2.34. The Labute approximate surface area is 145 Å². The van der Waals surface area contributed by atoms with Crippen LogP contribution in [0.1, 0.15) is 0 Å². The maximum Gasteiger partial charge on any atom is 0.534 e. The second-order valence-corrected chi connectivity index (χ2v) is 6.69. The predicted octanol–water partition coefficient (Wildman–Crippen LogP) is 0.938. The van der Waals surface area contributed by atoms with Crippen molar-refractivity contribution in [1.29, 1.82) is 5.26 Å². The monoisotopic (exact) mass is 391 g/mol. The highest BCUT2D eigenvalue weighted by molar-refractivity contribution is 7.88. The first-order valence-corrected chi connectivity index (χ1v) is 8.23. The minimum Gasteiger partial charge on any atom is -0.374 e. The van der Waals surface area contributed by atoms with Crippen LogP contribution in [0.25, 0.3) is 5.52 Å². The highest BCUT2D eigenvalue weighted by Crippen LogP contribution is 2.33. The van der Waals surface area contributed by atoms with Crippen molar-refractivity contribution in [2.75, 3.05) is 25.5 Å². The molecule has 0 aliphatic rings. The molecule has 2 aromatic heterocycles. The lowest BCUT2D eigenvalue weighted by molar-refractivity contribution is -0.127. The molecule has 26 heavy (non-hydrogen) atoms. The largest absolute Gasteiger partial charge is 0.534 e. The van der Waals surface area contributed by atoms with Crippen LogP contribution in [-0.4, -0.2) is 55.0 Å². The standard InChI is InChI=1S/C13H12F3N5O4S/c1-19(2)11(22)7-20(8-17)9-6-18-21-5-3-4-10(12(9)21)25-26(23,24)13(14,15)16/h3-6H,7H2,1-2H3. The molecule has 0 bridgehead atoms. The molecule has 0 fully saturated rings. The zero-order valence-corrected chi connectivity index (χ0v) is 14.2. The van der Waals surface area contributed by atoms with Crippen LogP contribution < -0.4 is 9.08 Å². The average molecular weight is 391 g/mol. The van der Waals surface area contributed by atoms with Crippen LogP contribution in [0.5, 0.6) is 5.75 Å². The van der Waals surface area contributed by atoms with Crippen molar-refractivity contribution >= 4 is 27.2 Å². The number of fused-ring (bicyclic) bond motifs is 1. The summed E-state index contributed by atoms with van der Waals surface area (Å²) in [5.41, 5.74) is -5.93. The molecule has 0 saturated heterocycles. The first-order chi connectivity index (χ1) is 12.0. The van der Waals surface area contributed by atoms with Crippen molar-refractivity contribution < 1.29 is 30.6 Å². The third-order valence-electron chi connectivity index (χ3n) is 3.17. The third kappa shape index (κ3) is 3.64. The summed E-state index contributed by atoms with van der Waals surface area (Å²) < 4.78 is 65.5. The zero-order chi connectivity index (χ0) is 19.7. The van der Waals surface area contributed by atoms with E-state index in [9.17, 15) is 31.6 Å². The number of hydrogen-bond acceptors (Lipinski definition) is 7. The molecule has 0 spiro atoms. The molecule has 13 heteroatoms. The van der Waals surface area contributed by atoms with Gasteiger partial charge in [-0.1, -0.05) is 0 Å². The van der Waals surface area contributed by atoms with Crippen LogP contribution >= 0.6 is 0 Å². The zero-order valence-electron chi connectivity index (χ0n) is 13.4. The summed E-state index contributed by atoms with van der Waals surface area (Å²) in [6.07, 6.45) is 4.13. The molecule has 0 aliphatic heterocycles. The van der Waals surface area contributed by atoms with Gasteiger partial charge < -0.3 is 9.08 Å². The van der Waals surface area contributed by atoms with Gasteiger partial charge in [-0.3, -0.25) is 9.69 Å². The van der Waals surface area contributed by atoms with E-state index in [1.807, 2.05) is 0 Å². The summed E-state index contributed by atoms with van der Waals surface area (Å²) in [4.78, 5) is 13.9. The number of alkyl halides is 3. The molecule has 0 aliphatic carbocycles. The fourth-order valence-corrected chi connectivity index (χ4v) is 2.34. The SMILES string of the molecule is CN(C)C(=O)CN(C#N)c1cnn2cccc(OS(=O)(=O)C(F)(F)F)c12. The Morgan fingerprint density at radius 2 is 2.08 bits per heavy atom.